The Morgan fingerprint density at radius 2 is 1.62 bits per heavy atom. The lowest BCUT2D eigenvalue weighted by Crippen LogP contribution is -2.53. The molecular formula is C30H35N3O6S. The number of nitrogens with zero attached hydrogens (tertiary/aromatic N) is 2. The maximum atomic E-state index is 14.1. The molecule has 0 spiro atoms. The first-order valence-corrected chi connectivity index (χ1v) is 14.8. The molecule has 10 heteroatoms. The zero-order valence-corrected chi connectivity index (χ0v) is 23.8. The molecule has 0 unspecified atom stereocenters. The van der Waals surface area contributed by atoms with Gasteiger partial charge in [-0.2, -0.15) is 0 Å². The van der Waals surface area contributed by atoms with Crippen LogP contribution in [-0.2, 0) is 32.6 Å². The Morgan fingerprint density at radius 1 is 0.925 bits per heavy atom. The van der Waals surface area contributed by atoms with Gasteiger partial charge in [0, 0.05) is 26.1 Å². The third-order valence-electron chi connectivity index (χ3n) is 6.75. The predicted molar refractivity (Wildman–Crippen MR) is 154 cm³/mol. The Kier molecular flexibility index (Phi) is 9.31. The van der Waals surface area contributed by atoms with E-state index in [1.165, 1.54) is 18.9 Å². The Bertz CT molecular complexity index is 1440. The van der Waals surface area contributed by atoms with E-state index in [1.54, 1.807) is 18.2 Å². The number of rotatable bonds is 11. The van der Waals surface area contributed by atoms with Crippen molar-refractivity contribution in [3.8, 4) is 11.5 Å². The topological polar surface area (TPSA) is 105 Å². The lowest BCUT2D eigenvalue weighted by molar-refractivity contribution is -0.139. The summed E-state index contributed by atoms with van der Waals surface area (Å²) in [5.41, 5.74) is 3.01. The second kappa shape index (κ2) is 12.9. The number of likely N-dealkylation sites (N-methyl/N-ethyl adjacent to an activating group) is 1. The number of amides is 2. The first-order chi connectivity index (χ1) is 19.2. The van der Waals surface area contributed by atoms with E-state index in [0.717, 1.165) is 21.0 Å². The van der Waals surface area contributed by atoms with Crippen LogP contribution in [0.1, 0.15) is 23.6 Å². The minimum atomic E-state index is -3.87. The number of benzene rings is 3. The molecule has 3 aromatic rings. The quantitative estimate of drug-likeness (QED) is 0.383. The Balaban J connectivity index is 1.73. The first-order valence-electron chi connectivity index (χ1n) is 13.2. The van der Waals surface area contributed by atoms with Crippen molar-refractivity contribution >= 4 is 27.5 Å². The molecular weight excluding hydrogens is 530 g/mol. The van der Waals surface area contributed by atoms with Gasteiger partial charge in [0.2, 0.25) is 21.8 Å². The molecule has 1 aliphatic rings. The van der Waals surface area contributed by atoms with Gasteiger partial charge in [-0.15, -0.1) is 0 Å². The van der Waals surface area contributed by atoms with E-state index in [0.29, 0.717) is 24.7 Å². The van der Waals surface area contributed by atoms with Gasteiger partial charge in [-0.25, -0.2) is 8.42 Å². The summed E-state index contributed by atoms with van der Waals surface area (Å²) < 4.78 is 38.9. The molecule has 0 aliphatic carbocycles. The van der Waals surface area contributed by atoms with Crippen molar-refractivity contribution in [2.45, 2.75) is 32.9 Å². The van der Waals surface area contributed by atoms with Gasteiger partial charge in [0.25, 0.3) is 0 Å². The maximum Gasteiger partial charge on any atom is 0.244 e. The van der Waals surface area contributed by atoms with Crippen molar-refractivity contribution in [3.63, 3.8) is 0 Å². The Labute approximate surface area is 235 Å². The maximum absolute atomic E-state index is 14.1. The molecule has 0 bridgehead atoms. The summed E-state index contributed by atoms with van der Waals surface area (Å²) in [6.45, 7) is 3.87. The van der Waals surface area contributed by atoms with Gasteiger partial charge >= 0.3 is 0 Å². The highest BCUT2D eigenvalue weighted by Gasteiger charge is 2.33. The van der Waals surface area contributed by atoms with Crippen LogP contribution in [0.5, 0.6) is 11.5 Å². The van der Waals surface area contributed by atoms with Crippen LogP contribution in [0, 0.1) is 6.92 Å². The van der Waals surface area contributed by atoms with Gasteiger partial charge in [0.1, 0.15) is 25.8 Å². The highest BCUT2D eigenvalue weighted by Crippen LogP contribution is 2.35. The number of carbonyl (C=O) groups excluding carboxylic acids is 2. The summed E-state index contributed by atoms with van der Waals surface area (Å²) in [7, 11) is -2.34. The van der Waals surface area contributed by atoms with E-state index in [2.05, 4.69) is 5.32 Å². The van der Waals surface area contributed by atoms with Gasteiger partial charge in [0.05, 0.1) is 11.4 Å². The highest BCUT2D eigenvalue weighted by molar-refractivity contribution is 7.92. The van der Waals surface area contributed by atoms with E-state index in [-0.39, 0.29) is 30.3 Å². The van der Waals surface area contributed by atoms with Crippen molar-refractivity contribution in [3.05, 3.63) is 89.5 Å². The fourth-order valence-corrected chi connectivity index (χ4v) is 5.69. The minimum absolute atomic E-state index is 0.132. The second-order valence-corrected chi connectivity index (χ2v) is 11.7. The van der Waals surface area contributed by atoms with Crippen molar-refractivity contribution in [1.29, 1.82) is 0 Å². The molecule has 4 rings (SSSR count). The van der Waals surface area contributed by atoms with Crippen LogP contribution in [0.4, 0.5) is 5.69 Å². The van der Waals surface area contributed by atoms with E-state index in [1.807, 2.05) is 61.5 Å². The fourth-order valence-electron chi connectivity index (χ4n) is 4.63. The smallest absolute Gasteiger partial charge is 0.244 e. The minimum Gasteiger partial charge on any atom is -0.486 e. The molecule has 40 heavy (non-hydrogen) atoms. The van der Waals surface area contributed by atoms with Crippen LogP contribution in [0.2, 0.25) is 0 Å². The molecule has 3 aromatic carbocycles. The Morgan fingerprint density at radius 3 is 2.30 bits per heavy atom. The van der Waals surface area contributed by atoms with E-state index in [4.69, 9.17) is 9.47 Å². The van der Waals surface area contributed by atoms with Crippen molar-refractivity contribution < 1.29 is 27.5 Å². The van der Waals surface area contributed by atoms with Gasteiger partial charge < -0.3 is 19.7 Å². The summed E-state index contributed by atoms with van der Waals surface area (Å²) in [5, 5.41) is 2.68. The van der Waals surface area contributed by atoms with Crippen LogP contribution < -0.4 is 19.1 Å². The zero-order chi connectivity index (χ0) is 28.7. The standard InChI is InChI=1S/C30H35N3O6S/c1-4-40(36,37)33(25-13-14-27-28(19-25)39-16-15-38-27)21-29(34)32(20-24-12-8-9-22(2)17-24)26(30(35)31-3)18-23-10-6-5-7-11-23/h5-14,17,19,26H,4,15-16,18,20-21H2,1-3H3,(H,31,35)/t26-/m0/s1. The van der Waals surface area contributed by atoms with Crippen LogP contribution in [0.25, 0.3) is 0 Å². The molecule has 0 fully saturated rings. The molecule has 9 nitrogen and oxygen atoms in total. The lowest BCUT2D eigenvalue weighted by atomic mass is 10.0. The number of nitrogens with one attached hydrogen (secondary N) is 1. The van der Waals surface area contributed by atoms with Crippen LogP contribution in [0.3, 0.4) is 0 Å². The summed E-state index contributed by atoms with van der Waals surface area (Å²) in [5.74, 6) is -0.127. The van der Waals surface area contributed by atoms with Crippen molar-refractivity contribution in [2.75, 3.05) is 36.9 Å². The van der Waals surface area contributed by atoms with Crippen LogP contribution >= 0.6 is 0 Å². The number of hydrogen-bond acceptors (Lipinski definition) is 6. The molecule has 0 radical (unpaired) electrons. The van der Waals surface area contributed by atoms with Gasteiger partial charge in [-0.1, -0.05) is 60.2 Å². The summed E-state index contributed by atoms with van der Waals surface area (Å²) in [6, 6.07) is 21.0. The number of carbonyl (C=O) groups is 2. The molecule has 0 aromatic heterocycles. The van der Waals surface area contributed by atoms with Crippen LogP contribution in [0.15, 0.2) is 72.8 Å². The van der Waals surface area contributed by atoms with Crippen molar-refractivity contribution in [2.24, 2.45) is 0 Å². The normalized spacial score (nSPS) is 13.3. The molecule has 1 atom stereocenters. The predicted octanol–water partition coefficient (Wildman–Crippen LogP) is 3.31. The zero-order valence-electron chi connectivity index (χ0n) is 23.0. The van der Waals surface area contributed by atoms with E-state index >= 15 is 0 Å². The third-order valence-corrected chi connectivity index (χ3v) is 8.49. The SMILES string of the molecule is CCS(=O)(=O)N(CC(=O)N(Cc1cccc(C)c1)[C@@H](Cc1ccccc1)C(=O)NC)c1ccc2c(c1)OCCO2. The molecule has 212 valence electrons. The summed E-state index contributed by atoms with van der Waals surface area (Å²) in [6.07, 6.45) is 0.266. The fraction of sp³-hybridized carbons (Fsp3) is 0.333. The number of hydrogen-bond donors (Lipinski definition) is 1. The molecule has 1 heterocycles. The van der Waals surface area contributed by atoms with Gasteiger partial charge in [0.15, 0.2) is 11.5 Å². The second-order valence-electron chi connectivity index (χ2n) is 9.57. The first kappa shape index (κ1) is 28.9. The molecule has 0 saturated heterocycles. The number of ether oxygens (including phenoxy) is 2. The number of sulfonamides is 1. The molecule has 1 N–H and O–H groups in total. The monoisotopic (exact) mass is 565 g/mol. The summed E-state index contributed by atoms with van der Waals surface area (Å²) in [4.78, 5) is 28.8. The molecule has 2 amide bonds. The largest absolute Gasteiger partial charge is 0.486 e. The average molecular weight is 566 g/mol. The van der Waals surface area contributed by atoms with Gasteiger partial charge in [-0.3, -0.25) is 13.9 Å². The molecule has 0 saturated carbocycles. The molecule has 1 aliphatic heterocycles. The number of aryl methyl sites for hydroxylation is 1. The van der Waals surface area contributed by atoms with E-state index < -0.39 is 28.5 Å². The third kappa shape index (κ3) is 6.93. The van der Waals surface area contributed by atoms with Crippen LogP contribution in [-0.4, -0.2) is 63.7 Å². The highest BCUT2D eigenvalue weighted by atomic mass is 32.2. The van der Waals surface area contributed by atoms with Crippen molar-refractivity contribution in [1.82, 2.24) is 10.2 Å². The summed E-state index contributed by atoms with van der Waals surface area (Å²) >= 11 is 0. The number of anilines is 1. The Hall–Kier alpha value is -4.05. The number of fused-ring (bicyclic) bond motifs is 1. The van der Waals surface area contributed by atoms with E-state index in [9.17, 15) is 18.0 Å². The lowest BCUT2D eigenvalue weighted by Gasteiger charge is -2.33. The van der Waals surface area contributed by atoms with Gasteiger partial charge in [-0.05, 0) is 37.1 Å². The average Bonchev–Trinajstić information content (AvgIpc) is 2.97.